The number of ether oxygens (including phenoxy) is 6. The number of Topliss-reactive ketones (excluding diaryl/α,β-unsaturated/α-hetero) is 2. The second-order valence-corrected chi connectivity index (χ2v) is 28.6. The Kier molecular flexibility index (Phi) is 19.2. The molecule has 16 nitrogen and oxygen atoms in total. The third-order valence-corrected chi connectivity index (χ3v) is 18.0. The Morgan fingerprint density at radius 3 is 0.970 bits per heavy atom. The molecule has 9 heterocycles. The van der Waals surface area contributed by atoms with Crippen molar-refractivity contribution in [2.75, 3.05) is 19.8 Å². The fourth-order valence-corrected chi connectivity index (χ4v) is 14.2. The molecular weight excluding hydrogens is 1250 g/mol. The number of ketones is 2. The summed E-state index contributed by atoms with van der Waals surface area (Å²) in [5.74, 6) is 1.36. The van der Waals surface area contributed by atoms with Crippen molar-refractivity contribution in [1.82, 2.24) is 29.9 Å². The van der Waals surface area contributed by atoms with E-state index in [0.717, 1.165) is 158 Å². The summed E-state index contributed by atoms with van der Waals surface area (Å²) in [4.78, 5) is 67.1. The summed E-state index contributed by atoms with van der Waals surface area (Å²) in [6, 6.07) is 42.1. The molecule has 3 aliphatic rings. The number of benzene rings is 6. The molecule has 512 valence electrons. The molecule has 0 saturated carbocycles. The van der Waals surface area contributed by atoms with Crippen LogP contribution < -0.4 is 14.2 Å². The lowest BCUT2D eigenvalue weighted by molar-refractivity contribution is -0.160. The first kappa shape index (κ1) is 69.8. The lowest BCUT2D eigenvalue weighted by Gasteiger charge is -2.29. The van der Waals surface area contributed by atoms with E-state index in [1.165, 1.54) is 16.7 Å². The second kappa shape index (κ2) is 27.5. The SMILES string of the molecule is C.CC(=O)[C@@H](OC(C)(C)C)c1c(C)nc2ccccc2c1-c1ccc2c3c(ccnc13)CCO2.CC(=O)[C@@H](OC(C)(C)C)c1c(C)nc2ccccc2c1-c1ccc2c3c(ccnc13)CCO2.Cc1nc2ccccc2c(-c2ccc3c4c(ccnc24)CCO3)c1[C@H](OC(C)(C)C)C(=O)O. The molecule has 0 saturated heterocycles. The van der Waals surface area contributed by atoms with Gasteiger partial charge >= 0.3 is 5.97 Å². The van der Waals surface area contributed by atoms with Crippen LogP contribution in [-0.4, -0.2) is 89.2 Å². The third kappa shape index (κ3) is 13.6. The van der Waals surface area contributed by atoms with Crippen molar-refractivity contribution < 1.29 is 47.9 Å². The lowest BCUT2D eigenvalue weighted by Crippen LogP contribution is -2.28. The number of aromatic nitrogens is 6. The normalized spacial score (nSPS) is 14.2. The maximum atomic E-state index is 12.9. The third-order valence-electron chi connectivity index (χ3n) is 18.0. The van der Waals surface area contributed by atoms with Crippen LogP contribution in [0, 0.1) is 20.8 Å². The average Bonchev–Trinajstić information content (AvgIpc) is 0.747. The minimum absolute atomic E-state index is 0. The Bertz CT molecular complexity index is 4690. The number of carboxylic acid groups (broad SMARTS) is 1. The van der Waals surface area contributed by atoms with Crippen molar-refractivity contribution in [3.63, 3.8) is 0 Å². The van der Waals surface area contributed by atoms with Gasteiger partial charge in [0, 0.05) is 137 Å². The number of fused-ring (bicyclic) bond motifs is 3. The zero-order chi connectivity index (χ0) is 70.0. The molecule has 3 aliphatic heterocycles. The van der Waals surface area contributed by atoms with Crippen molar-refractivity contribution >= 4 is 83.0 Å². The molecule has 0 unspecified atom stereocenters. The Morgan fingerprint density at radius 1 is 0.410 bits per heavy atom. The van der Waals surface area contributed by atoms with Crippen LogP contribution in [0.4, 0.5) is 0 Å². The number of aliphatic carboxylic acids is 1. The van der Waals surface area contributed by atoms with Gasteiger partial charge < -0.3 is 33.5 Å². The van der Waals surface area contributed by atoms with Gasteiger partial charge in [-0.1, -0.05) is 62.0 Å². The minimum atomic E-state index is -1.18. The standard InChI is InChI=1S/2C28H28N2O3.C27H26N2O4.CH4/c2*1-16-23(27(17(2)31)33-28(3,4)5)25(19-8-6-7-9-21(19)30-16)20-10-11-22-24-18(13-15-32-22)12-14-29-26(20)24;1-15-21(25(26(30)31)33-27(2,3)4)23(17-7-5-6-8-19(17)29-15)18-9-10-20-22-16(12-14-32-20)11-13-28-24(18)22;/h2*6-12,14,27H,13,15H2,1-5H3;5-11,13,25H,12,14H2,1-4H3,(H,30,31);1H4/t2*27-;25-;/m110./s1. The van der Waals surface area contributed by atoms with E-state index in [1.807, 2.05) is 193 Å². The molecule has 3 atom stereocenters. The van der Waals surface area contributed by atoms with Gasteiger partial charge in [-0.3, -0.25) is 39.5 Å². The second-order valence-electron chi connectivity index (χ2n) is 28.6. The smallest absolute Gasteiger partial charge is 0.337 e. The van der Waals surface area contributed by atoms with E-state index in [9.17, 15) is 19.5 Å². The molecule has 1 N–H and O–H groups in total. The summed E-state index contributed by atoms with van der Waals surface area (Å²) < 4.78 is 36.6. The van der Waals surface area contributed by atoms with E-state index >= 15 is 0 Å². The largest absolute Gasteiger partial charge is 0.493 e. The van der Waals surface area contributed by atoms with Crippen molar-refractivity contribution in [2.45, 2.75) is 159 Å². The van der Waals surface area contributed by atoms with Crippen LogP contribution in [0.1, 0.15) is 152 Å². The van der Waals surface area contributed by atoms with Gasteiger partial charge in [0.05, 0.1) is 69.7 Å². The van der Waals surface area contributed by atoms with Crippen molar-refractivity contribution in [2.24, 2.45) is 0 Å². The first-order valence-corrected chi connectivity index (χ1v) is 33.8. The minimum Gasteiger partial charge on any atom is -0.493 e. The Hall–Kier alpha value is -10.1. The maximum absolute atomic E-state index is 12.9. The number of carbonyl (C=O) groups is 3. The molecular formula is C84H86N6O10. The number of carboxylic acids is 1. The summed E-state index contributed by atoms with van der Waals surface area (Å²) in [7, 11) is 0. The lowest BCUT2D eigenvalue weighted by atomic mass is 9.87. The number of carbonyl (C=O) groups excluding carboxylic acids is 2. The molecule has 0 fully saturated rings. The number of aryl methyl sites for hydroxylation is 3. The average molecular weight is 1340 g/mol. The molecule has 6 aromatic carbocycles. The van der Waals surface area contributed by atoms with Gasteiger partial charge in [-0.05, 0) is 186 Å². The highest BCUT2D eigenvalue weighted by atomic mass is 16.5. The zero-order valence-corrected chi connectivity index (χ0v) is 58.6. The molecule has 12 aromatic rings. The van der Waals surface area contributed by atoms with Crippen LogP contribution in [0.3, 0.4) is 0 Å². The highest BCUT2D eigenvalue weighted by molar-refractivity contribution is 6.11. The van der Waals surface area contributed by atoms with Gasteiger partial charge in [0.2, 0.25) is 0 Å². The van der Waals surface area contributed by atoms with Crippen LogP contribution in [0.2, 0.25) is 0 Å². The number of para-hydroxylation sites is 3. The monoisotopic (exact) mass is 1340 g/mol. The van der Waals surface area contributed by atoms with Crippen LogP contribution in [0.15, 0.2) is 146 Å². The van der Waals surface area contributed by atoms with Crippen LogP contribution in [0.5, 0.6) is 17.2 Å². The summed E-state index contributed by atoms with van der Waals surface area (Å²) in [6.45, 7) is 28.2. The number of pyridine rings is 6. The fourth-order valence-electron chi connectivity index (χ4n) is 14.2. The van der Waals surface area contributed by atoms with E-state index in [2.05, 4.69) is 36.4 Å². The highest BCUT2D eigenvalue weighted by Gasteiger charge is 2.36. The van der Waals surface area contributed by atoms with Crippen LogP contribution >= 0.6 is 0 Å². The van der Waals surface area contributed by atoms with Gasteiger partial charge in [0.15, 0.2) is 17.7 Å². The summed E-state index contributed by atoms with van der Waals surface area (Å²) in [6.07, 6.45) is 5.39. The van der Waals surface area contributed by atoms with E-state index in [4.69, 9.17) is 58.3 Å². The molecule has 100 heavy (non-hydrogen) atoms. The van der Waals surface area contributed by atoms with Gasteiger partial charge in [-0.15, -0.1) is 0 Å². The van der Waals surface area contributed by atoms with Crippen LogP contribution in [-0.2, 0) is 47.9 Å². The molecule has 0 amide bonds. The van der Waals surface area contributed by atoms with Crippen molar-refractivity contribution in [3.05, 3.63) is 196 Å². The predicted octanol–water partition coefficient (Wildman–Crippen LogP) is 18.5. The van der Waals surface area contributed by atoms with E-state index in [1.54, 1.807) is 13.8 Å². The molecule has 0 radical (unpaired) electrons. The number of nitrogens with zero attached hydrogens (tertiary/aromatic N) is 6. The van der Waals surface area contributed by atoms with E-state index < -0.39 is 41.1 Å². The van der Waals surface area contributed by atoms with Gasteiger partial charge in [-0.25, -0.2) is 4.79 Å². The summed E-state index contributed by atoms with van der Waals surface area (Å²) in [5.41, 5.74) is 16.9. The topological polar surface area (TPSA) is 204 Å². The Labute approximate surface area is 583 Å². The molecule has 16 heteroatoms. The summed E-state index contributed by atoms with van der Waals surface area (Å²) in [5, 5.41) is 16.1. The van der Waals surface area contributed by atoms with Crippen molar-refractivity contribution in [1.29, 1.82) is 0 Å². The molecule has 0 spiro atoms. The fraction of sp³-hybridized carbons (Fsp3) is 0.321. The first-order valence-electron chi connectivity index (χ1n) is 33.8. The van der Waals surface area contributed by atoms with E-state index in [0.29, 0.717) is 31.1 Å². The van der Waals surface area contributed by atoms with E-state index in [-0.39, 0.29) is 19.0 Å². The Morgan fingerprint density at radius 2 is 0.690 bits per heavy atom. The predicted molar refractivity (Wildman–Crippen MR) is 396 cm³/mol. The summed E-state index contributed by atoms with van der Waals surface area (Å²) >= 11 is 0. The highest BCUT2D eigenvalue weighted by Crippen LogP contribution is 2.49. The molecule has 0 aliphatic carbocycles. The number of rotatable bonds is 12. The van der Waals surface area contributed by atoms with Crippen LogP contribution in [0.25, 0.3) is 98.8 Å². The molecule has 6 aromatic heterocycles. The number of hydrogen-bond donors (Lipinski definition) is 1. The molecule has 15 rings (SSSR count). The Balaban J connectivity index is 0.000000141. The zero-order valence-electron chi connectivity index (χ0n) is 58.6. The van der Waals surface area contributed by atoms with Gasteiger partial charge in [0.1, 0.15) is 29.5 Å². The number of hydrogen-bond acceptors (Lipinski definition) is 15. The quantitative estimate of drug-likeness (QED) is 0.121. The molecule has 0 bridgehead atoms. The first-order chi connectivity index (χ1) is 47.2. The van der Waals surface area contributed by atoms with Gasteiger partial charge in [-0.2, -0.15) is 0 Å². The van der Waals surface area contributed by atoms with Gasteiger partial charge in [0.25, 0.3) is 0 Å². The van der Waals surface area contributed by atoms with Crippen molar-refractivity contribution in [3.8, 4) is 50.6 Å². The maximum Gasteiger partial charge on any atom is 0.337 e.